The fourth-order valence-electron chi connectivity index (χ4n) is 5.17. The normalized spacial score (nSPS) is 10.6. The summed E-state index contributed by atoms with van der Waals surface area (Å²) in [6, 6.07) is 75.7. The summed E-state index contributed by atoms with van der Waals surface area (Å²) in [5.41, 5.74) is 1.15. The van der Waals surface area contributed by atoms with Crippen LogP contribution in [0.4, 0.5) is 0 Å². The second-order valence-corrected chi connectivity index (χ2v) is 16.3. The molecule has 0 heterocycles. The average molecular weight is 715 g/mol. The van der Waals surface area contributed by atoms with Gasteiger partial charge in [0.1, 0.15) is 0 Å². The summed E-state index contributed by atoms with van der Waals surface area (Å²) in [6.45, 7) is 8.17. The molecule has 0 atom stereocenters. The van der Waals surface area contributed by atoms with Crippen molar-refractivity contribution in [2.45, 2.75) is 19.3 Å². The minimum atomic E-state index is -0.446. The van der Waals surface area contributed by atoms with E-state index >= 15 is 0 Å². The summed E-state index contributed by atoms with van der Waals surface area (Å²) in [6.07, 6.45) is 0. The second kappa shape index (κ2) is 19.8. The van der Waals surface area contributed by atoms with Crippen LogP contribution in [0.15, 0.2) is 206 Å². The summed E-state index contributed by atoms with van der Waals surface area (Å²) in [5, 5.41) is 8.39. The fourth-order valence-corrected chi connectivity index (χ4v) is 9.78. The molecule has 7 aromatic carbocycles. The van der Waals surface area contributed by atoms with Gasteiger partial charge in [-0.2, -0.15) is 41.3 Å². The van der Waals surface area contributed by atoms with Crippen LogP contribution >= 0.6 is 15.8 Å². The Hall–Kier alpha value is -4.11. The molecular formula is C46H42NiP2. The third-order valence-corrected chi connectivity index (χ3v) is 12.4. The molecule has 0 spiro atoms. The van der Waals surface area contributed by atoms with Gasteiger partial charge in [-0.1, -0.05) is 196 Å². The summed E-state index contributed by atoms with van der Waals surface area (Å²) >= 11 is 0. The average Bonchev–Trinajstić information content (AvgIpc) is 3.15. The van der Waals surface area contributed by atoms with Crippen molar-refractivity contribution in [2.75, 3.05) is 0 Å². The molecule has 0 radical (unpaired) electrons. The first kappa shape index (κ1) is 37.7. The molecule has 49 heavy (non-hydrogen) atoms. The van der Waals surface area contributed by atoms with Gasteiger partial charge < -0.3 is 6.92 Å². The summed E-state index contributed by atoms with van der Waals surface area (Å²) in [4.78, 5) is 0. The Balaban J connectivity index is 0.000000172. The van der Waals surface area contributed by atoms with Crippen molar-refractivity contribution in [2.24, 2.45) is 0 Å². The van der Waals surface area contributed by atoms with Crippen LogP contribution in [-0.2, 0) is 21.9 Å². The van der Waals surface area contributed by atoms with E-state index in [0.717, 1.165) is 5.56 Å². The Morgan fingerprint density at radius 3 is 0.755 bits per heavy atom. The molecule has 7 rings (SSSR count). The minimum Gasteiger partial charge on any atom is -0.335 e. The van der Waals surface area contributed by atoms with Gasteiger partial charge in [0.15, 0.2) is 0 Å². The molecule has 246 valence electrons. The van der Waals surface area contributed by atoms with Gasteiger partial charge >= 0.3 is 16.5 Å². The van der Waals surface area contributed by atoms with Crippen molar-refractivity contribution in [3.05, 3.63) is 225 Å². The van der Waals surface area contributed by atoms with Crippen molar-refractivity contribution in [1.82, 2.24) is 0 Å². The smallest absolute Gasteiger partial charge is 0.335 e. The molecular weight excluding hydrogens is 673 g/mol. The molecule has 0 unspecified atom stereocenters. The molecule has 0 saturated carbocycles. The van der Waals surface area contributed by atoms with Gasteiger partial charge in [-0.15, -0.1) is 0 Å². The molecule has 0 amide bonds. The molecule has 7 aromatic rings. The van der Waals surface area contributed by atoms with Crippen molar-refractivity contribution in [1.29, 1.82) is 0 Å². The molecule has 3 heteroatoms. The van der Waals surface area contributed by atoms with Crippen LogP contribution < -0.4 is 31.8 Å². The van der Waals surface area contributed by atoms with E-state index < -0.39 is 15.8 Å². The van der Waals surface area contributed by atoms with E-state index in [1.165, 1.54) is 31.8 Å². The maximum absolute atomic E-state index is 4.01. The van der Waals surface area contributed by atoms with E-state index in [1.807, 2.05) is 24.3 Å². The first-order valence-electron chi connectivity index (χ1n) is 16.2. The van der Waals surface area contributed by atoms with Gasteiger partial charge in [0, 0.05) is 0 Å². The van der Waals surface area contributed by atoms with Crippen molar-refractivity contribution >= 4 is 47.7 Å². The summed E-state index contributed by atoms with van der Waals surface area (Å²) < 4.78 is 0. The topological polar surface area (TPSA) is 0 Å². The standard InChI is InChI=1S/2C18H15P.C10H12.Ni/c2*1-4-10-16(11-5-1)19(17-12-6-2-7-13-17)18-14-8-3-9-15-18;1-10(2,3)9-7-5-4-6-8-9;/h2*1-15H;4-7H,1H2,2-3H3;/q;;-2;+2. The molecule has 0 aromatic heterocycles. The minimum absolute atomic E-state index is 0. The molecule has 0 aliphatic rings. The van der Waals surface area contributed by atoms with Gasteiger partial charge in [-0.3, -0.25) is 0 Å². The van der Waals surface area contributed by atoms with Crippen molar-refractivity contribution in [3.63, 3.8) is 0 Å². The quantitative estimate of drug-likeness (QED) is 0.0877. The third kappa shape index (κ3) is 11.5. The van der Waals surface area contributed by atoms with Gasteiger partial charge in [0.05, 0.1) is 0 Å². The summed E-state index contributed by atoms with van der Waals surface area (Å²) in [5.74, 6) is 0. The monoisotopic (exact) mass is 714 g/mol. The molecule has 0 aliphatic carbocycles. The largest absolute Gasteiger partial charge is 2.00 e. The Bertz CT molecular complexity index is 1550. The van der Waals surface area contributed by atoms with E-state index in [4.69, 9.17) is 0 Å². The predicted molar refractivity (Wildman–Crippen MR) is 214 cm³/mol. The summed E-state index contributed by atoms with van der Waals surface area (Å²) in [7, 11) is -0.892. The van der Waals surface area contributed by atoms with Crippen LogP contribution in [-0.4, -0.2) is 0 Å². The van der Waals surface area contributed by atoms with Crippen LogP contribution in [0.5, 0.6) is 0 Å². The van der Waals surface area contributed by atoms with Crippen molar-refractivity contribution in [3.8, 4) is 0 Å². The van der Waals surface area contributed by atoms with Crippen molar-refractivity contribution < 1.29 is 16.5 Å². The zero-order chi connectivity index (χ0) is 33.4. The van der Waals surface area contributed by atoms with Gasteiger partial charge in [-0.05, 0) is 47.7 Å². The number of hydrogen-bond acceptors (Lipinski definition) is 0. The fraction of sp³-hybridized carbons (Fsp3) is 0.0652. The van der Waals surface area contributed by atoms with E-state index in [-0.39, 0.29) is 21.9 Å². The van der Waals surface area contributed by atoms with Crippen LogP contribution in [0, 0.1) is 13.0 Å². The molecule has 0 fully saturated rings. The second-order valence-electron chi connectivity index (χ2n) is 11.8. The number of benzene rings is 7. The van der Waals surface area contributed by atoms with Crippen LogP contribution in [0.1, 0.15) is 19.4 Å². The molecule has 0 nitrogen and oxygen atoms in total. The molecule has 0 bridgehead atoms. The van der Waals surface area contributed by atoms with E-state index in [2.05, 4.69) is 209 Å². The zero-order valence-electron chi connectivity index (χ0n) is 28.0. The SMILES string of the molecule is [CH2-]C(C)(C)c1[c-]cccc1.[Ni+2].c1ccc(P(c2ccccc2)c2ccccc2)cc1.c1ccc(P(c2ccccc2)c2ccccc2)cc1. The van der Waals surface area contributed by atoms with Crippen LogP contribution in [0.3, 0.4) is 0 Å². The van der Waals surface area contributed by atoms with E-state index in [0.29, 0.717) is 0 Å². The van der Waals surface area contributed by atoms with Gasteiger partial charge in [-0.25, -0.2) is 0 Å². The Morgan fingerprint density at radius 2 is 0.592 bits per heavy atom. The van der Waals surface area contributed by atoms with E-state index in [9.17, 15) is 0 Å². The van der Waals surface area contributed by atoms with Gasteiger partial charge in [0.25, 0.3) is 0 Å². The number of rotatable bonds is 7. The molecule has 0 N–H and O–H groups in total. The van der Waals surface area contributed by atoms with Crippen LogP contribution in [0.2, 0.25) is 0 Å². The van der Waals surface area contributed by atoms with Crippen LogP contribution in [0.25, 0.3) is 0 Å². The Kier molecular flexibility index (Phi) is 15.2. The Morgan fingerprint density at radius 1 is 0.367 bits per heavy atom. The Labute approximate surface area is 306 Å². The third-order valence-electron chi connectivity index (χ3n) is 7.52. The van der Waals surface area contributed by atoms with Gasteiger partial charge in [0.2, 0.25) is 0 Å². The maximum Gasteiger partial charge on any atom is 2.00 e. The van der Waals surface area contributed by atoms with E-state index in [1.54, 1.807) is 0 Å². The molecule has 0 saturated heterocycles. The first-order chi connectivity index (χ1) is 23.5. The predicted octanol–water partition coefficient (Wildman–Crippen LogP) is 9.49. The molecule has 0 aliphatic heterocycles. The number of hydrogen-bond donors (Lipinski definition) is 0. The first-order valence-corrected chi connectivity index (χ1v) is 18.9. The maximum atomic E-state index is 4.01. The zero-order valence-corrected chi connectivity index (χ0v) is 30.8.